The van der Waals surface area contributed by atoms with Gasteiger partial charge >= 0.3 is 0 Å². The van der Waals surface area contributed by atoms with Crippen LogP contribution in [-0.4, -0.2) is 46.4 Å². The maximum Gasteiger partial charge on any atom is 0.272 e. The largest absolute Gasteiger partial charge is 0.395 e. The van der Waals surface area contributed by atoms with Gasteiger partial charge in [-0.2, -0.15) is 5.10 Å². The lowest BCUT2D eigenvalue weighted by Gasteiger charge is -2.05. The lowest BCUT2D eigenvalue weighted by molar-refractivity contribution is -0.121. The summed E-state index contributed by atoms with van der Waals surface area (Å²) in [6.07, 6.45) is 0.134. The number of amides is 2. The first-order chi connectivity index (χ1) is 13.6. The number of para-hydroxylation sites is 1. The van der Waals surface area contributed by atoms with Gasteiger partial charge in [0.05, 0.1) is 18.7 Å². The second-order valence-electron chi connectivity index (χ2n) is 6.23. The highest BCUT2D eigenvalue weighted by Crippen LogP contribution is 2.20. The molecule has 0 radical (unpaired) electrons. The van der Waals surface area contributed by atoms with Crippen molar-refractivity contribution in [2.45, 2.75) is 13.0 Å². The van der Waals surface area contributed by atoms with Crippen LogP contribution in [0.1, 0.15) is 22.5 Å². The molecule has 1 aromatic heterocycles. The van der Waals surface area contributed by atoms with Crippen LogP contribution in [0.4, 0.5) is 0 Å². The maximum absolute atomic E-state index is 12.6. The summed E-state index contributed by atoms with van der Waals surface area (Å²) in [5.41, 5.74) is 2.19. The Morgan fingerprint density at radius 1 is 1.04 bits per heavy atom. The Bertz CT molecular complexity index is 969. The van der Waals surface area contributed by atoms with E-state index in [4.69, 9.17) is 16.7 Å². The summed E-state index contributed by atoms with van der Waals surface area (Å²) in [5, 5.41) is 19.9. The average molecular weight is 401 g/mol. The van der Waals surface area contributed by atoms with Crippen LogP contribution in [0, 0.1) is 0 Å². The Kier molecular flexibility index (Phi) is 6.62. The molecule has 3 aromatic rings. The van der Waals surface area contributed by atoms with E-state index in [9.17, 15) is 9.59 Å². The van der Waals surface area contributed by atoms with Gasteiger partial charge < -0.3 is 15.7 Å². The molecule has 0 fully saturated rings. The van der Waals surface area contributed by atoms with Crippen LogP contribution in [0.3, 0.4) is 0 Å². The molecule has 0 spiro atoms. The zero-order chi connectivity index (χ0) is 19.9. The van der Waals surface area contributed by atoms with E-state index in [1.165, 1.54) is 0 Å². The summed E-state index contributed by atoms with van der Waals surface area (Å²) in [7, 11) is 0. The highest BCUT2D eigenvalue weighted by Gasteiger charge is 2.17. The van der Waals surface area contributed by atoms with Crippen LogP contribution in [0.2, 0.25) is 5.02 Å². The number of hydrogen-bond acceptors (Lipinski definition) is 4. The molecular weight excluding hydrogens is 380 g/mol. The molecule has 8 heteroatoms. The van der Waals surface area contributed by atoms with Crippen LogP contribution in [0.5, 0.6) is 0 Å². The molecule has 28 heavy (non-hydrogen) atoms. The average Bonchev–Trinajstić information content (AvgIpc) is 3.07. The molecule has 0 saturated heterocycles. The number of aliphatic hydroxyl groups excluding tert-OH is 1. The maximum atomic E-state index is 12.6. The molecule has 3 N–H and O–H groups in total. The van der Waals surface area contributed by atoms with Gasteiger partial charge in [0.25, 0.3) is 5.91 Å². The van der Waals surface area contributed by atoms with Crippen molar-refractivity contribution in [2.75, 3.05) is 19.7 Å². The molecule has 0 atom stereocenters. The summed E-state index contributed by atoms with van der Waals surface area (Å²) >= 11 is 5.94. The molecule has 0 unspecified atom stereocenters. The summed E-state index contributed by atoms with van der Waals surface area (Å²) in [6, 6.07) is 15.0. The topological polar surface area (TPSA) is 96.2 Å². The standard InChI is InChI=1S/C20H21ClN4O3/c21-15-7-5-14(6-8-15)13-25-17-4-2-1-3-16(17)19(24-25)20(28)23-10-9-18(27)22-11-12-26/h1-8,26H,9-13H2,(H,22,27)(H,23,28). The van der Waals surface area contributed by atoms with E-state index in [-0.39, 0.29) is 37.9 Å². The number of nitrogens with one attached hydrogen (secondary N) is 2. The second kappa shape index (κ2) is 9.34. The number of fused-ring (bicyclic) bond motifs is 1. The molecule has 2 amide bonds. The number of carbonyl (C=O) groups excluding carboxylic acids is 2. The third kappa shape index (κ3) is 4.88. The van der Waals surface area contributed by atoms with Crippen LogP contribution >= 0.6 is 11.6 Å². The number of carbonyl (C=O) groups is 2. The molecule has 0 aliphatic heterocycles. The van der Waals surface area contributed by atoms with Crippen molar-refractivity contribution in [1.29, 1.82) is 0 Å². The van der Waals surface area contributed by atoms with E-state index in [2.05, 4.69) is 15.7 Å². The van der Waals surface area contributed by atoms with Crippen molar-refractivity contribution in [3.05, 3.63) is 64.8 Å². The molecule has 0 aliphatic carbocycles. The number of rotatable bonds is 8. The Labute approximate surface area is 167 Å². The summed E-state index contributed by atoms with van der Waals surface area (Å²) < 4.78 is 1.78. The van der Waals surface area contributed by atoms with Gasteiger partial charge in [-0.1, -0.05) is 41.9 Å². The second-order valence-corrected chi connectivity index (χ2v) is 6.67. The highest BCUT2D eigenvalue weighted by molar-refractivity contribution is 6.30. The van der Waals surface area contributed by atoms with Crippen molar-refractivity contribution in [3.8, 4) is 0 Å². The third-order valence-corrected chi connectivity index (χ3v) is 4.44. The van der Waals surface area contributed by atoms with E-state index in [1.807, 2.05) is 48.5 Å². The zero-order valence-corrected chi connectivity index (χ0v) is 15.9. The number of halogens is 1. The Morgan fingerprint density at radius 2 is 1.79 bits per heavy atom. The van der Waals surface area contributed by atoms with Gasteiger partial charge in [0, 0.05) is 29.9 Å². The first-order valence-electron chi connectivity index (χ1n) is 8.94. The first-order valence-corrected chi connectivity index (χ1v) is 9.32. The number of nitrogens with zero attached hydrogens (tertiary/aromatic N) is 2. The van der Waals surface area contributed by atoms with Gasteiger partial charge in [0.1, 0.15) is 0 Å². The predicted molar refractivity (Wildman–Crippen MR) is 107 cm³/mol. The van der Waals surface area contributed by atoms with Crippen molar-refractivity contribution < 1.29 is 14.7 Å². The van der Waals surface area contributed by atoms with Gasteiger partial charge in [-0.25, -0.2) is 0 Å². The van der Waals surface area contributed by atoms with E-state index < -0.39 is 0 Å². The van der Waals surface area contributed by atoms with Crippen molar-refractivity contribution in [1.82, 2.24) is 20.4 Å². The monoisotopic (exact) mass is 400 g/mol. The Hall–Kier alpha value is -2.90. The lowest BCUT2D eigenvalue weighted by atomic mass is 10.2. The fourth-order valence-corrected chi connectivity index (χ4v) is 2.96. The van der Waals surface area contributed by atoms with Gasteiger partial charge in [-0.3, -0.25) is 14.3 Å². The SMILES string of the molecule is O=C(CCNC(=O)c1nn(Cc2ccc(Cl)cc2)c2ccccc12)NCCO. The predicted octanol–water partition coefficient (Wildman–Crippen LogP) is 1.97. The molecule has 1 heterocycles. The van der Waals surface area contributed by atoms with Crippen molar-refractivity contribution >= 4 is 34.3 Å². The number of benzene rings is 2. The van der Waals surface area contributed by atoms with Gasteiger partial charge in [-0.15, -0.1) is 0 Å². The Morgan fingerprint density at radius 3 is 2.54 bits per heavy atom. The summed E-state index contributed by atoms with van der Waals surface area (Å²) in [4.78, 5) is 24.1. The minimum Gasteiger partial charge on any atom is -0.395 e. The van der Waals surface area contributed by atoms with Gasteiger partial charge in [0.15, 0.2) is 5.69 Å². The van der Waals surface area contributed by atoms with Crippen LogP contribution < -0.4 is 10.6 Å². The summed E-state index contributed by atoms with van der Waals surface area (Å²) in [5.74, 6) is -0.562. The lowest BCUT2D eigenvalue weighted by Crippen LogP contribution is -2.32. The van der Waals surface area contributed by atoms with E-state index >= 15 is 0 Å². The van der Waals surface area contributed by atoms with Crippen LogP contribution in [-0.2, 0) is 11.3 Å². The normalized spacial score (nSPS) is 10.8. The molecule has 2 aromatic carbocycles. The van der Waals surface area contributed by atoms with Crippen molar-refractivity contribution in [3.63, 3.8) is 0 Å². The van der Waals surface area contributed by atoms with Gasteiger partial charge in [-0.05, 0) is 23.8 Å². The fourth-order valence-electron chi connectivity index (χ4n) is 2.84. The summed E-state index contributed by atoms with van der Waals surface area (Å²) in [6.45, 7) is 0.782. The number of aromatic nitrogens is 2. The molecule has 0 aliphatic rings. The molecular formula is C20H21ClN4O3. The minimum atomic E-state index is -0.332. The van der Waals surface area contributed by atoms with Crippen LogP contribution in [0.15, 0.2) is 48.5 Å². The zero-order valence-electron chi connectivity index (χ0n) is 15.2. The molecule has 146 valence electrons. The number of aliphatic hydroxyl groups is 1. The number of hydrogen-bond donors (Lipinski definition) is 3. The molecule has 3 rings (SSSR count). The molecule has 7 nitrogen and oxygen atoms in total. The fraction of sp³-hybridized carbons (Fsp3) is 0.250. The highest BCUT2D eigenvalue weighted by atomic mass is 35.5. The quantitative estimate of drug-likeness (QED) is 0.538. The van der Waals surface area contributed by atoms with Gasteiger partial charge in [0.2, 0.25) is 5.91 Å². The van der Waals surface area contributed by atoms with E-state index in [1.54, 1.807) is 4.68 Å². The smallest absolute Gasteiger partial charge is 0.272 e. The third-order valence-electron chi connectivity index (χ3n) is 4.19. The first kappa shape index (κ1) is 19.9. The van der Waals surface area contributed by atoms with E-state index in [0.29, 0.717) is 17.3 Å². The Balaban J connectivity index is 1.73. The van der Waals surface area contributed by atoms with Crippen molar-refractivity contribution in [2.24, 2.45) is 0 Å². The molecule has 0 saturated carbocycles. The molecule has 0 bridgehead atoms. The minimum absolute atomic E-state index is 0.116. The van der Waals surface area contributed by atoms with Crippen LogP contribution in [0.25, 0.3) is 10.9 Å². The van der Waals surface area contributed by atoms with E-state index in [0.717, 1.165) is 16.5 Å².